The Hall–Kier alpha value is -1.22. The summed E-state index contributed by atoms with van der Waals surface area (Å²) < 4.78 is 10.4. The summed E-state index contributed by atoms with van der Waals surface area (Å²) in [6.45, 7) is 5.44. The third-order valence-electron chi connectivity index (χ3n) is 2.39. The Bertz CT molecular complexity index is 351. The summed E-state index contributed by atoms with van der Waals surface area (Å²) in [5.74, 6) is 1.32. The average Bonchev–Trinajstić information content (AvgIpc) is 2.15. The molecule has 0 spiro atoms. The first kappa shape index (κ1) is 11.9. The van der Waals surface area contributed by atoms with Crippen LogP contribution in [0.25, 0.3) is 0 Å². The Morgan fingerprint density at radius 2 is 1.53 bits per heavy atom. The van der Waals surface area contributed by atoms with E-state index in [1.165, 1.54) is 0 Å². The van der Waals surface area contributed by atoms with E-state index in [4.69, 9.17) is 9.47 Å². The highest BCUT2D eigenvalue weighted by Gasteiger charge is 2.21. The molecule has 0 aromatic heterocycles. The molecule has 0 aliphatic carbocycles. The highest BCUT2D eigenvalue weighted by atomic mass is 16.5. The number of hydrogen-bond donors (Lipinski definition) is 1. The third-order valence-corrected chi connectivity index (χ3v) is 2.39. The van der Waals surface area contributed by atoms with Gasteiger partial charge < -0.3 is 14.6 Å². The number of methoxy groups -OCH3 is 2. The molecule has 0 bridgehead atoms. The van der Waals surface area contributed by atoms with Crippen LogP contribution in [0.1, 0.15) is 25.0 Å². The number of ether oxygens (including phenoxy) is 2. The van der Waals surface area contributed by atoms with E-state index in [-0.39, 0.29) is 0 Å². The topological polar surface area (TPSA) is 38.7 Å². The summed E-state index contributed by atoms with van der Waals surface area (Å²) in [6.07, 6.45) is 0. The fraction of sp³-hybridized carbons (Fsp3) is 0.500. The van der Waals surface area contributed by atoms with Gasteiger partial charge in [-0.2, -0.15) is 0 Å². The lowest BCUT2D eigenvalue weighted by Gasteiger charge is -2.22. The summed E-state index contributed by atoms with van der Waals surface area (Å²) in [5, 5.41) is 9.96. The first-order chi connectivity index (χ1) is 6.90. The fourth-order valence-corrected chi connectivity index (χ4v) is 1.64. The van der Waals surface area contributed by atoms with Crippen molar-refractivity contribution < 1.29 is 14.6 Å². The Kier molecular flexibility index (Phi) is 3.25. The van der Waals surface area contributed by atoms with Crippen molar-refractivity contribution in [3.05, 3.63) is 23.3 Å². The lowest BCUT2D eigenvalue weighted by atomic mass is 9.93. The molecule has 1 aromatic rings. The summed E-state index contributed by atoms with van der Waals surface area (Å²) in [5.41, 5.74) is 0.962. The minimum atomic E-state index is -0.871. The number of rotatable bonds is 3. The van der Waals surface area contributed by atoms with Gasteiger partial charge in [-0.15, -0.1) is 0 Å². The molecule has 0 saturated heterocycles. The fourth-order valence-electron chi connectivity index (χ4n) is 1.64. The molecule has 0 radical (unpaired) electrons. The van der Waals surface area contributed by atoms with E-state index < -0.39 is 5.60 Å². The maximum atomic E-state index is 9.96. The van der Waals surface area contributed by atoms with Crippen LogP contribution in [0.5, 0.6) is 11.5 Å². The largest absolute Gasteiger partial charge is 0.493 e. The molecule has 0 fully saturated rings. The zero-order valence-corrected chi connectivity index (χ0v) is 9.92. The van der Waals surface area contributed by atoms with Gasteiger partial charge in [-0.25, -0.2) is 0 Å². The monoisotopic (exact) mass is 210 g/mol. The molecule has 0 saturated carbocycles. The number of hydrogen-bond acceptors (Lipinski definition) is 3. The highest BCUT2D eigenvalue weighted by molar-refractivity contribution is 5.48. The van der Waals surface area contributed by atoms with E-state index in [2.05, 4.69) is 0 Å². The van der Waals surface area contributed by atoms with Gasteiger partial charge in [0, 0.05) is 0 Å². The van der Waals surface area contributed by atoms with Gasteiger partial charge in [-0.3, -0.25) is 0 Å². The van der Waals surface area contributed by atoms with Crippen LogP contribution in [0.2, 0.25) is 0 Å². The molecule has 1 aromatic carbocycles. The molecule has 0 amide bonds. The van der Waals surface area contributed by atoms with Crippen molar-refractivity contribution in [3.63, 3.8) is 0 Å². The van der Waals surface area contributed by atoms with E-state index in [0.29, 0.717) is 11.5 Å². The summed E-state index contributed by atoms with van der Waals surface area (Å²) in [6, 6.07) is 3.68. The first-order valence-corrected chi connectivity index (χ1v) is 4.85. The van der Waals surface area contributed by atoms with Gasteiger partial charge in [-0.1, -0.05) is 0 Å². The molecule has 0 aliphatic heterocycles. The molecule has 0 atom stereocenters. The molecule has 15 heavy (non-hydrogen) atoms. The Morgan fingerprint density at radius 3 is 1.93 bits per heavy atom. The van der Waals surface area contributed by atoms with Crippen molar-refractivity contribution in [1.29, 1.82) is 0 Å². The zero-order valence-electron chi connectivity index (χ0n) is 9.92. The van der Waals surface area contributed by atoms with Crippen molar-refractivity contribution in [2.24, 2.45) is 0 Å². The van der Waals surface area contributed by atoms with Crippen LogP contribution in [0.4, 0.5) is 0 Å². The van der Waals surface area contributed by atoms with Crippen molar-refractivity contribution in [1.82, 2.24) is 0 Å². The van der Waals surface area contributed by atoms with Gasteiger partial charge in [0.1, 0.15) is 0 Å². The molecule has 3 heteroatoms. The first-order valence-electron chi connectivity index (χ1n) is 4.85. The molecule has 84 valence electrons. The third kappa shape index (κ3) is 2.42. The molecular weight excluding hydrogens is 192 g/mol. The standard InChI is InChI=1S/C12H18O3/c1-8-6-10(14-4)11(15-5)7-9(8)12(2,3)13/h6-7,13H,1-5H3. The second kappa shape index (κ2) is 4.11. The quantitative estimate of drug-likeness (QED) is 0.831. The number of benzene rings is 1. The van der Waals surface area contributed by atoms with Crippen molar-refractivity contribution >= 4 is 0 Å². The van der Waals surface area contributed by atoms with Gasteiger partial charge in [0.25, 0.3) is 0 Å². The second-order valence-corrected chi connectivity index (χ2v) is 4.08. The maximum Gasteiger partial charge on any atom is 0.161 e. The summed E-state index contributed by atoms with van der Waals surface area (Å²) >= 11 is 0. The van der Waals surface area contributed by atoms with Gasteiger partial charge in [0.05, 0.1) is 19.8 Å². The Morgan fingerprint density at radius 1 is 1.07 bits per heavy atom. The Labute approximate surface area is 90.6 Å². The van der Waals surface area contributed by atoms with Crippen LogP contribution in [0.3, 0.4) is 0 Å². The maximum absolute atomic E-state index is 9.96. The molecular formula is C12H18O3. The van der Waals surface area contributed by atoms with Crippen LogP contribution in [0.15, 0.2) is 12.1 Å². The van der Waals surface area contributed by atoms with Crippen molar-refractivity contribution in [3.8, 4) is 11.5 Å². The average molecular weight is 210 g/mol. The predicted octanol–water partition coefficient (Wildman–Crippen LogP) is 2.24. The van der Waals surface area contributed by atoms with Gasteiger partial charge >= 0.3 is 0 Å². The lowest BCUT2D eigenvalue weighted by molar-refractivity contribution is 0.0776. The van der Waals surface area contributed by atoms with E-state index in [1.54, 1.807) is 28.1 Å². The molecule has 1 rings (SSSR count). The Balaban J connectivity index is 3.32. The highest BCUT2D eigenvalue weighted by Crippen LogP contribution is 2.34. The molecule has 0 heterocycles. The minimum absolute atomic E-state index is 0.639. The second-order valence-electron chi connectivity index (χ2n) is 4.08. The minimum Gasteiger partial charge on any atom is -0.493 e. The van der Waals surface area contributed by atoms with E-state index >= 15 is 0 Å². The number of aliphatic hydroxyl groups is 1. The van der Waals surface area contributed by atoms with Gasteiger partial charge in [0.15, 0.2) is 11.5 Å². The van der Waals surface area contributed by atoms with E-state index in [0.717, 1.165) is 11.1 Å². The van der Waals surface area contributed by atoms with Crippen LogP contribution in [-0.2, 0) is 5.60 Å². The van der Waals surface area contributed by atoms with Crippen LogP contribution in [0, 0.1) is 6.92 Å². The molecule has 3 nitrogen and oxygen atoms in total. The SMILES string of the molecule is COc1cc(C)c(C(C)(C)O)cc1OC. The summed E-state index contributed by atoms with van der Waals surface area (Å²) in [7, 11) is 3.18. The molecule has 0 aliphatic rings. The summed E-state index contributed by atoms with van der Waals surface area (Å²) in [4.78, 5) is 0. The van der Waals surface area contributed by atoms with E-state index in [1.807, 2.05) is 19.1 Å². The predicted molar refractivity (Wildman–Crippen MR) is 59.5 cm³/mol. The number of aryl methyl sites for hydroxylation is 1. The van der Waals surface area contributed by atoms with Gasteiger partial charge in [0.2, 0.25) is 0 Å². The lowest BCUT2D eigenvalue weighted by Crippen LogP contribution is -2.17. The smallest absolute Gasteiger partial charge is 0.161 e. The van der Waals surface area contributed by atoms with Crippen LogP contribution >= 0.6 is 0 Å². The van der Waals surface area contributed by atoms with Crippen LogP contribution in [-0.4, -0.2) is 19.3 Å². The zero-order chi connectivity index (χ0) is 11.6. The molecule has 1 N–H and O–H groups in total. The molecule has 0 unspecified atom stereocenters. The van der Waals surface area contributed by atoms with E-state index in [9.17, 15) is 5.11 Å². The van der Waals surface area contributed by atoms with Crippen molar-refractivity contribution in [2.45, 2.75) is 26.4 Å². The normalized spacial score (nSPS) is 11.3. The van der Waals surface area contributed by atoms with Gasteiger partial charge in [-0.05, 0) is 44.0 Å². The van der Waals surface area contributed by atoms with Crippen LogP contribution < -0.4 is 9.47 Å². The van der Waals surface area contributed by atoms with Crippen molar-refractivity contribution in [2.75, 3.05) is 14.2 Å².